The number of rotatable bonds is 4. The fourth-order valence-electron chi connectivity index (χ4n) is 2.25. The summed E-state index contributed by atoms with van der Waals surface area (Å²) >= 11 is 0. The maximum atomic E-state index is 11.6. The fourth-order valence-corrected chi connectivity index (χ4v) is 2.25. The predicted octanol–water partition coefficient (Wildman–Crippen LogP) is 1.47. The van der Waals surface area contributed by atoms with Crippen LogP contribution in [0.5, 0.6) is 5.88 Å². The van der Waals surface area contributed by atoms with Crippen molar-refractivity contribution >= 4 is 6.09 Å². The zero-order valence-electron chi connectivity index (χ0n) is 11.4. The van der Waals surface area contributed by atoms with Crippen molar-refractivity contribution in [3.63, 3.8) is 0 Å². The Bertz CT molecular complexity index is 413. The maximum absolute atomic E-state index is 11.6. The van der Waals surface area contributed by atoms with Crippen LogP contribution in [-0.2, 0) is 4.74 Å². The van der Waals surface area contributed by atoms with Crippen LogP contribution in [0.4, 0.5) is 4.79 Å². The number of likely N-dealkylation sites (tertiary alicyclic amines) is 1. The summed E-state index contributed by atoms with van der Waals surface area (Å²) in [5.74, 6) is 0.692. The number of aromatic nitrogens is 3. The lowest BCUT2D eigenvalue weighted by atomic mass is 10.1. The van der Waals surface area contributed by atoms with E-state index in [9.17, 15) is 4.79 Å². The summed E-state index contributed by atoms with van der Waals surface area (Å²) < 4.78 is 12.3. The van der Waals surface area contributed by atoms with E-state index >= 15 is 0 Å². The number of hydrogen-bond acceptors (Lipinski definition) is 5. The van der Waals surface area contributed by atoms with Gasteiger partial charge in [0.05, 0.1) is 19.3 Å². The molecule has 0 radical (unpaired) electrons. The molecule has 0 aromatic carbocycles. The summed E-state index contributed by atoms with van der Waals surface area (Å²) in [4.78, 5) is 13.3. The number of amides is 1. The van der Waals surface area contributed by atoms with Crippen LogP contribution in [-0.4, -0.2) is 52.3 Å². The molecule has 1 aromatic rings. The summed E-state index contributed by atoms with van der Waals surface area (Å²) in [7, 11) is 0. The van der Waals surface area contributed by atoms with Gasteiger partial charge in [-0.25, -0.2) is 9.48 Å². The minimum absolute atomic E-state index is 0.231. The number of piperidine rings is 1. The SMILES string of the molecule is CCOC(=O)N1CCC(n2nncc2OCC)CC1. The highest BCUT2D eigenvalue weighted by Crippen LogP contribution is 2.25. The van der Waals surface area contributed by atoms with E-state index in [1.807, 2.05) is 18.5 Å². The van der Waals surface area contributed by atoms with Gasteiger partial charge in [-0.1, -0.05) is 5.21 Å². The first-order valence-corrected chi connectivity index (χ1v) is 6.71. The van der Waals surface area contributed by atoms with Crippen molar-refractivity contribution in [3.8, 4) is 5.88 Å². The predicted molar refractivity (Wildman–Crippen MR) is 68.1 cm³/mol. The summed E-state index contributed by atoms with van der Waals surface area (Å²) in [6.45, 7) is 6.10. The summed E-state index contributed by atoms with van der Waals surface area (Å²) in [6.07, 6.45) is 3.07. The van der Waals surface area contributed by atoms with E-state index in [4.69, 9.17) is 9.47 Å². The average Bonchev–Trinajstić information content (AvgIpc) is 2.88. The van der Waals surface area contributed by atoms with Gasteiger partial charge < -0.3 is 14.4 Å². The highest BCUT2D eigenvalue weighted by atomic mass is 16.6. The first kappa shape index (κ1) is 13.6. The van der Waals surface area contributed by atoms with Crippen molar-refractivity contribution in [2.75, 3.05) is 26.3 Å². The van der Waals surface area contributed by atoms with Gasteiger partial charge in [-0.2, -0.15) is 0 Å². The molecule has 0 saturated carbocycles. The van der Waals surface area contributed by atoms with Crippen LogP contribution < -0.4 is 4.74 Å². The zero-order chi connectivity index (χ0) is 13.7. The number of carbonyl (C=O) groups excluding carboxylic acids is 1. The van der Waals surface area contributed by atoms with Gasteiger partial charge in [0, 0.05) is 13.1 Å². The van der Waals surface area contributed by atoms with Crippen molar-refractivity contribution in [1.29, 1.82) is 0 Å². The monoisotopic (exact) mass is 268 g/mol. The third-order valence-corrected chi connectivity index (χ3v) is 3.17. The Balaban J connectivity index is 1.92. The lowest BCUT2D eigenvalue weighted by molar-refractivity contribution is 0.0902. The highest BCUT2D eigenvalue weighted by Gasteiger charge is 2.26. The standard InChI is InChI=1S/C12H20N4O3/c1-3-18-11-9-13-14-16(11)10-5-7-15(8-6-10)12(17)19-4-2/h9-10H,3-8H2,1-2H3. The third-order valence-electron chi connectivity index (χ3n) is 3.17. The first-order chi connectivity index (χ1) is 9.26. The van der Waals surface area contributed by atoms with Gasteiger partial charge in [-0.3, -0.25) is 0 Å². The molecule has 0 spiro atoms. The van der Waals surface area contributed by atoms with Crippen LogP contribution >= 0.6 is 0 Å². The Morgan fingerprint density at radius 2 is 2.11 bits per heavy atom. The van der Waals surface area contributed by atoms with E-state index in [0.717, 1.165) is 12.8 Å². The Hall–Kier alpha value is -1.79. The van der Waals surface area contributed by atoms with Gasteiger partial charge >= 0.3 is 6.09 Å². The van der Waals surface area contributed by atoms with Crippen molar-refractivity contribution < 1.29 is 14.3 Å². The van der Waals surface area contributed by atoms with Crippen LogP contribution in [0.3, 0.4) is 0 Å². The van der Waals surface area contributed by atoms with Crippen molar-refractivity contribution in [1.82, 2.24) is 19.9 Å². The number of ether oxygens (including phenoxy) is 2. The molecule has 2 rings (SSSR count). The van der Waals surface area contributed by atoms with Crippen LogP contribution in [0.25, 0.3) is 0 Å². The quantitative estimate of drug-likeness (QED) is 0.827. The Kier molecular flexibility index (Phi) is 4.59. The molecule has 7 heteroatoms. The molecule has 106 valence electrons. The minimum atomic E-state index is -0.232. The second-order valence-corrected chi connectivity index (χ2v) is 4.37. The van der Waals surface area contributed by atoms with Crippen molar-refractivity contribution in [3.05, 3.63) is 6.20 Å². The molecule has 0 aliphatic carbocycles. The number of nitrogens with zero attached hydrogens (tertiary/aromatic N) is 4. The highest BCUT2D eigenvalue weighted by molar-refractivity contribution is 5.67. The van der Waals surface area contributed by atoms with Gasteiger partial charge in [0.25, 0.3) is 0 Å². The van der Waals surface area contributed by atoms with Crippen LogP contribution in [0.15, 0.2) is 6.20 Å². The van der Waals surface area contributed by atoms with E-state index in [-0.39, 0.29) is 12.1 Å². The second kappa shape index (κ2) is 6.40. The summed E-state index contributed by atoms with van der Waals surface area (Å²) in [5.41, 5.74) is 0. The largest absolute Gasteiger partial charge is 0.477 e. The smallest absolute Gasteiger partial charge is 0.409 e. The Labute approximate surface area is 112 Å². The van der Waals surface area contributed by atoms with E-state index in [1.165, 1.54) is 0 Å². The fraction of sp³-hybridized carbons (Fsp3) is 0.750. The first-order valence-electron chi connectivity index (χ1n) is 6.71. The molecule has 1 amide bonds. The Morgan fingerprint density at radius 1 is 1.37 bits per heavy atom. The normalized spacial score (nSPS) is 16.4. The van der Waals surface area contributed by atoms with Gasteiger partial charge in [-0.05, 0) is 26.7 Å². The van der Waals surface area contributed by atoms with Crippen LogP contribution in [0, 0.1) is 0 Å². The van der Waals surface area contributed by atoms with Crippen LogP contribution in [0.2, 0.25) is 0 Å². The van der Waals surface area contributed by atoms with Gasteiger partial charge in [-0.15, -0.1) is 5.10 Å². The lowest BCUT2D eigenvalue weighted by Gasteiger charge is -2.31. The summed E-state index contributed by atoms with van der Waals surface area (Å²) in [5, 5.41) is 7.95. The number of carbonyl (C=O) groups is 1. The van der Waals surface area contributed by atoms with Crippen LogP contribution in [0.1, 0.15) is 32.7 Å². The molecule has 7 nitrogen and oxygen atoms in total. The molecule has 1 aromatic heterocycles. The minimum Gasteiger partial charge on any atom is -0.477 e. The molecule has 0 unspecified atom stereocenters. The van der Waals surface area contributed by atoms with E-state index in [0.29, 0.717) is 32.2 Å². The molecule has 2 heterocycles. The average molecular weight is 268 g/mol. The van der Waals surface area contributed by atoms with Crippen molar-refractivity contribution in [2.24, 2.45) is 0 Å². The Morgan fingerprint density at radius 3 is 2.74 bits per heavy atom. The molecule has 1 aliphatic heterocycles. The zero-order valence-corrected chi connectivity index (χ0v) is 11.4. The topological polar surface area (TPSA) is 69.5 Å². The van der Waals surface area contributed by atoms with Gasteiger partial charge in [0.15, 0.2) is 0 Å². The van der Waals surface area contributed by atoms with Gasteiger partial charge in [0.2, 0.25) is 5.88 Å². The molecule has 1 fully saturated rings. The maximum Gasteiger partial charge on any atom is 0.409 e. The second-order valence-electron chi connectivity index (χ2n) is 4.37. The third kappa shape index (κ3) is 3.15. The van der Waals surface area contributed by atoms with Gasteiger partial charge in [0.1, 0.15) is 6.20 Å². The van der Waals surface area contributed by atoms with E-state index in [2.05, 4.69) is 10.3 Å². The molecule has 0 N–H and O–H groups in total. The molecule has 1 saturated heterocycles. The molecular formula is C12H20N4O3. The molecular weight excluding hydrogens is 248 g/mol. The van der Waals surface area contributed by atoms with Crippen molar-refractivity contribution in [2.45, 2.75) is 32.7 Å². The van der Waals surface area contributed by atoms with E-state index < -0.39 is 0 Å². The molecule has 0 bridgehead atoms. The van der Waals surface area contributed by atoms with E-state index in [1.54, 1.807) is 11.1 Å². The molecule has 19 heavy (non-hydrogen) atoms. The lowest BCUT2D eigenvalue weighted by Crippen LogP contribution is -2.39. The molecule has 0 atom stereocenters. The summed E-state index contributed by atoms with van der Waals surface area (Å²) in [6, 6.07) is 0.231. The molecule has 1 aliphatic rings. The number of hydrogen-bond donors (Lipinski definition) is 0.